The molecule has 0 saturated carbocycles. The number of aliphatic hydroxyl groups is 1. The molecule has 0 atom stereocenters. The number of piperidine rings is 1. The number of rotatable bonds is 9. The largest absolute Gasteiger partial charge is 0.491 e. The number of amides is 1. The van der Waals surface area contributed by atoms with E-state index in [2.05, 4.69) is 21.4 Å². The predicted molar refractivity (Wildman–Crippen MR) is 124 cm³/mol. The van der Waals surface area contributed by atoms with Crippen molar-refractivity contribution in [1.29, 1.82) is 0 Å². The molecule has 32 heavy (non-hydrogen) atoms. The van der Waals surface area contributed by atoms with E-state index in [1.54, 1.807) is 6.20 Å². The van der Waals surface area contributed by atoms with Gasteiger partial charge in [0.25, 0.3) is 0 Å². The highest BCUT2D eigenvalue weighted by molar-refractivity contribution is 5.91. The zero-order chi connectivity index (χ0) is 22.2. The van der Waals surface area contributed by atoms with Crippen LogP contribution in [0, 0.1) is 0 Å². The van der Waals surface area contributed by atoms with Crippen LogP contribution in [0.5, 0.6) is 5.75 Å². The first-order valence-electron chi connectivity index (χ1n) is 11.1. The van der Waals surface area contributed by atoms with Crippen molar-refractivity contribution in [3.8, 4) is 5.75 Å². The van der Waals surface area contributed by atoms with Crippen LogP contribution in [-0.4, -0.2) is 52.0 Å². The standard InChI is InChI=1S/C25H30N4O3/c30-15-16-32-23-8-4-7-21(17-23)19-28-13-10-22(11-14-28)29-24(9-12-26-29)27-25(31)18-20-5-2-1-3-6-20/h1-9,12,17,22,30H,10-11,13-16,18-19H2,(H,27,31). The zero-order valence-electron chi connectivity index (χ0n) is 18.2. The third kappa shape index (κ3) is 5.96. The van der Waals surface area contributed by atoms with Crippen molar-refractivity contribution in [3.63, 3.8) is 0 Å². The highest BCUT2D eigenvalue weighted by Gasteiger charge is 2.23. The third-order valence-corrected chi connectivity index (χ3v) is 5.71. The fraction of sp³-hybridized carbons (Fsp3) is 0.360. The second-order valence-corrected chi connectivity index (χ2v) is 8.10. The molecular weight excluding hydrogens is 404 g/mol. The Morgan fingerprint density at radius 1 is 1.06 bits per heavy atom. The molecule has 1 aliphatic rings. The average Bonchev–Trinajstić information content (AvgIpc) is 3.27. The lowest BCUT2D eigenvalue weighted by molar-refractivity contribution is -0.115. The first kappa shape index (κ1) is 22.0. The number of benzene rings is 2. The summed E-state index contributed by atoms with van der Waals surface area (Å²) in [4.78, 5) is 14.9. The second-order valence-electron chi connectivity index (χ2n) is 8.10. The van der Waals surface area contributed by atoms with Crippen LogP contribution in [0.2, 0.25) is 0 Å². The Labute approximate surface area is 188 Å². The Balaban J connectivity index is 1.29. The number of hydrogen-bond donors (Lipinski definition) is 2. The molecule has 168 valence electrons. The monoisotopic (exact) mass is 434 g/mol. The third-order valence-electron chi connectivity index (χ3n) is 5.71. The lowest BCUT2D eigenvalue weighted by atomic mass is 10.0. The molecule has 2 heterocycles. The van der Waals surface area contributed by atoms with E-state index in [1.165, 1.54) is 5.56 Å². The average molecular weight is 435 g/mol. The Bertz CT molecular complexity index is 997. The van der Waals surface area contributed by atoms with Gasteiger partial charge in [0, 0.05) is 25.7 Å². The fourth-order valence-electron chi connectivity index (χ4n) is 4.15. The lowest BCUT2D eigenvalue weighted by Gasteiger charge is -2.32. The molecular formula is C25H30N4O3. The number of ether oxygens (including phenoxy) is 1. The van der Waals surface area contributed by atoms with Crippen molar-refractivity contribution in [2.75, 3.05) is 31.6 Å². The molecule has 1 aliphatic heterocycles. The Morgan fingerprint density at radius 2 is 1.84 bits per heavy atom. The minimum absolute atomic E-state index is 0.0138. The summed E-state index contributed by atoms with van der Waals surface area (Å²) in [5.41, 5.74) is 2.20. The quantitative estimate of drug-likeness (QED) is 0.540. The molecule has 1 saturated heterocycles. The second kappa shape index (κ2) is 10.9. The number of aliphatic hydroxyl groups excluding tert-OH is 1. The molecule has 0 bridgehead atoms. The van der Waals surface area contributed by atoms with Gasteiger partial charge in [-0.15, -0.1) is 0 Å². The summed E-state index contributed by atoms with van der Waals surface area (Å²) in [6.45, 7) is 3.11. The molecule has 0 radical (unpaired) electrons. The van der Waals surface area contributed by atoms with Gasteiger partial charge in [0.05, 0.1) is 25.3 Å². The van der Waals surface area contributed by atoms with Gasteiger partial charge in [-0.25, -0.2) is 4.68 Å². The van der Waals surface area contributed by atoms with E-state index in [0.29, 0.717) is 13.0 Å². The minimum atomic E-state index is -0.0290. The minimum Gasteiger partial charge on any atom is -0.491 e. The van der Waals surface area contributed by atoms with Gasteiger partial charge in [0.15, 0.2) is 0 Å². The summed E-state index contributed by atoms with van der Waals surface area (Å²) in [5.74, 6) is 1.52. The maximum Gasteiger partial charge on any atom is 0.229 e. The molecule has 1 aromatic heterocycles. The summed E-state index contributed by atoms with van der Waals surface area (Å²) in [7, 11) is 0. The fourth-order valence-corrected chi connectivity index (χ4v) is 4.15. The number of nitrogens with zero attached hydrogens (tertiary/aromatic N) is 3. The highest BCUT2D eigenvalue weighted by Crippen LogP contribution is 2.27. The molecule has 7 nitrogen and oxygen atoms in total. The molecule has 1 amide bonds. The van der Waals surface area contributed by atoms with Gasteiger partial charge in [-0.2, -0.15) is 5.10 Å². The van der Waals surface area contributed by atoms with Crippen molar-refractivity contribution in [3.05, 3.63) is 78.0 Å². The first-order chi connectivity index (χ1) is 15.7. The molecule has 7 heteroatoms. The number of carbonyl (C=O) groups excluding carboxylic acids is 1. The van der Waals surface area contributed by atoms with E-state index in [9.17, 15) is 4.79 Å². The van der Waals surface area contributed by atoms with Gasteiger partial charge in [0.2, 0.25) is 5.91 Å². The number of likely N-dealkylation sites (tertiary alicyclic amines) is 1. The maximum atomic E-state index is 12.5. The zero-order valence-corrected chi connectivity index (χ0v) is 18.2. The number of anilines is 1. The first-order valence-corrected chi connectivity index (χ1v) is 11.1. The smallest absolute Gasteiger partial charge is 0.229 e. The number of nitrogens with one attached hydrogen (secondary N) is 1. The van der Waals surface area contributed by atoms with E-state index in [-0.39, 0.29) is 18.6 Å². The van der Waals surface area contributed by atoms with Gasteiger partial charge in [-0.3, -0.25) is 9.69 Å². The van der Waals surface area contributed by atoms with Gasteiger partial charge in [0.1, 0.15) is 18.2 Å². The van der Waals surface area contributed by atoms with Gasteiger partial charge in [-0.05, 0) is 36.1 Å². The molecule has 3 aromatic rings. The van der Waals surface area contributed by atoms with Gasteiger partial charge >= 0.3 is 0 Å². The number of hydrogen-bond acceptors (Lipinski definition) is 5. The molecule has 1 fully saturated rings. The molecule has 4 rings (SSSR count). The van der Waals surface area contributed by atoms with Crippen LogP contribution in [0.1, 0.15) is 30.0 Å². The van der Waals surface area contributed by atoms with Gasteiger partial charge < -0.3 is 15.2 Å². The summed E-state index contributed by atoms with van der Waals surface area (Å²) in [5, 5.41) is 16.5. The predicted octanol–water partition coefficient (Wildman–Crippen LogP) is 3.27. The summed E-state index contributed by atoms with van der Waals surface area (Å²) in [6.07, 6.45) is 4.06. The van der Waals surface area contributed by atoms with E-state index >= 15 is 0 Å². The lowest BCUT2D eigenvalue weighted by Crippen LogP contribution is -2.35. The Hall–Kier alpha value is -3.16. The Morgan fingerprint density at radius 3 is 2.62 bits per heavy atom. The van der Waals surface area contributed by atoms with Crippen LogP contribution in [-0.2, 0) is 17.8 Å². The summed E-state index contributed by atoms with van der Waals surface area (Å²) < 4.78 is 7.48. The van der Waals surface area contributed by atoms with Crippen molar-refractivity contribution < 1.29 is 14.6 Å². The summed E-state index contributed by atoms with van der Waals surface area (Å²) in [6, 6.07) is 19.9. The molecule has 0 aliphatic carbocycles. The van der Waals surface area contributed by atoms with Gasteiger partial charge in [-0.1, -0.05) is 42.5 Å². The van der Waals surface area contributed by atoms with Crippen LogP contribution < -0.4 is 10.1 Å². The van der Waals surface area contributed by atoms with Crippen LogP contribution in [0.4, 0.5) is 5.82 Å². The van der Waals surface area contributed by atoms with Crippen molar-refractivity contribution in [2.24, 2.45) is 0 Å². The SMILES string of the molecule is O=C(Cc1ccccc1)Nc1ccnn1C1CCN(Cc2cccc(OCCO)c2)CC1. The number of carbonyl (C=O) groups is 1. The normalized spacial score (nSPS) is 14.9. The number of aromatic nitrogens is 2. The van der Waals surface area contributed by atoms with E-state index in [1.807, 2.05) is 59.3 Å². The molecule has 0 spiro atoms. The van der Waals surface area contributed by atoms with Crippen LogP contribution in [0.25, 0.3) is 0 Å². The maximum absolute atomic E-state index is 12.5. The van der Waals surface area contributed by atoms with Crippen LogP contribution in [0.15, 0.2) is 66.9 Å². The topological polar surface area (TPSA) is 79.6 Å². The van der Waals surface area contributed by atoms with E-state index < -0.39 is 0 Å². The van der Waals surface area contributed by atoms with Crippen LogP contribution in [0.3, 0.4) is 0 Å². The van der Waals surface area contributed by atoms with E-state index in [0.717, 1.165) is 49.6 Å². The van der Waals surface area contributed by atoms with Crippen molar-refractivity contribution in [1.82, 2.24) is 14.7 Å². The van der Waals surface area contributed by atoms with Crippen LogP contribution >= 0.6 is 0 Å². The van der Waals surface area contributed by atoms with E-state index in [4.69, 9.17) is 9.84 Å². The molecule has 2 aromatic carbocycles. The molecule has 2 N–H and O–H groups in total. The Kier molecular flexibility index (Phi) is 7.53. The highest BCUT2D eigenvalue weighted by atomic mass is 16.5. The molecule has 0 unspecified atom stereocenters. The van der Waals surface area contributed by atoms with Crippen molar-refractivity contribution in [2.45, 2.75) is 31.8 Å². The van der Waals surface area contributed by atoms with Crippen molar-refractivity contribution >= 4 is 11.7 Å². The summed E-state index contributed by atoms with van der Waals surface area (Å²) >= 11 is 0.